The topological polar surface area (TPSA) is 124 Å². The molecule has 0 radical (unpaired) electrons. The molecule has 0 bridgehead atoms. The van der Waals surface area contributed by atoms with Gasteiger partial charge in [-0.1, -0.05) is 24.3 Å². The number of cyclic esters (lactones) is 1. The predicted molar refractivity (Wildman–Crippen MR) is 166 cm³/mol. The Labute approximate surface area is 266 Å². The Morgan fingerprint density at radius 2 is 1.82 bits per heavy atom. The molecule has 3 fully saturated rings. The summed E-state index contributed by atoms with van der Waals surface area (Å²) in [6.45, 7) is 4.69. The van der Waals surface area contributed by atoms with Crippen LogP contribution in [0.4, 0.5) is 0 Å². The Bertz CT molecular complexity index is 1550. The summed E-state index contributed by atoms with van der Waals surface area (Å²) in [4.78, 5) is 56.7. The van der Waals surface area contributed by atoms with E-state index in [0.717, 1.165) is 5.56 Å². The maximum Gasteiger partial charge on any atom is 0.338 e. The van der Waals surface area contributed by atoms with Crippen LogP contribution in [0.5, 0.6) is 5.75 Å². The Hall–Kier alpha value is -4.25. The zero-order valence-electron chi connectivity index (χ0n) is 25.4. The van der Waals surface area contributed by atoms with Crippen molar-refractivity contribution >= 4 is 35.1 Å². The molecule has 10 nitrogen and oxygen atoms in total. The van der Waals surface area contributed by atoms with Crippen LogP contribution in [0.25, 0.3) is 0 Å². The van der Waals surface area contributed by atoms with Gasteiger partial charge in [-0.05, 0) is 80.8 Å². The number of aryl methyl sites for hydroxylation is 1. The van der Waals surface area contributed by atoms with Crippen molar-refractivity contribution in [1.29, 1.82) is 0 Å². The van der Waals surface area contributed by atoms with Crippen LogP contribution in [0.3, 0.4) is 0 Å². The van der Waals surface area contributed by atoms with Crippen molar-refractivity contribution in [1.82, 2.24) is 15.2 Å². The standard InChI is InChI=1S/C34H37N3O7S/c1-20(36-32(39)31-21(2)35-19-45-31)30(24-9-7-23(8-10-24)22-5-6-22)43-27-13-11-25(12-14-27)34(41)44-28-4-3-15-37(17-28)33(40)26-16-29(38)42-18-26/h7-14,19-20,22,26,28,30H,3-6,15-18H2,1-2H3,(H,36,39)/t20?,26-,28+,30?/m1/s1. The highest BCUT2D eigenvalue weighted by atomic mass is 32.1. The Morgan fingerprint density at radius 3 is 2.47 bits per heavy atom. The zero-order valence-corrected chi connectivity index (χ0v) is 26.2. The van der Waals surface area contributed by atoms with Crippen LogP contribution in [0, 0.1) is 12.8 Å². The van der Waals surface area contributed by atoms with Crippen LogP contribution >= 0.6 is 11.3 Å². The fourth-order valence-corrected chi connectivity index (χ4v) is 6.61. The molecule has 236 valence electrons. The van der Waals surface area contributed by atoms with Crippen molar-refractivity contribution in [2.24, 2.45) is 5.92 Å². The van der Waals surface area contributed by atoms with E-state index in [1.807, 2.05) is 13.8 Å². The summed E-state index contributed by atoms with van der Waals surface area (Å²) in [6, 6.07) is 14.7. The summed E-state index contributed by atoms with van der Waals surface area (Å²) in [7, 11) is 0. The minimum absolute atomic E-state index is 0.0950. The quantitative estimate of drug-likeness (QED) is 0.311. The van der Waals surface area contributed by atoms with Gasteiger partial charge >= 0.3 is 11.9 Å². The number of nitrogens with one attached hydrogen (secondary N) is 1. The lowest BCUT2D eigenvalue weighted by molar-refractivity contribution is -0.139. The van der Waals surface area contributed by atoms with Gasteiger partial charge in [-0.3, -0.25) is 14.4 Å². The number of piperidine rings is 1. The van der Waals surface area contributed by atoms with Gasteiger partial charge in [-0.15, -0.1) is 11.3 Å². The van der Waals surface area contributed by atoms with Crippen LogP contribution in [-0.4, -0.2) is 65.5 Å². The van der Waals surface area contributed by atoms with Gasteiger partial charge in [0.25, 0.3) is 5.91 Å². The van der Waals surface area contributed by atoms with E-state index in [0.29, 0.717) is 53.7 Å². The molecule has 11 heteroatoms. The van der Waals surface area contributed by atoms with Crippen molar-refractivity contribution < 1.29 is 33.4 Å². The molecule has 1 N–H and O–H groups in total. The van der Waals surface area contributed by atoms with Crippen LogP contribution in [0.2, 0.25) is 0 Å². The first-order chi connectivity index (χ1) is 21.7. The summed E-state index contributed by atoms with van der Waals surface area (Å²) in [6.07, 6.45) is 2.96. The molecule has 2 aromatic carbocycles. The summed E-state index contributed by atoms with van der Waals surface area (Å²) >= 11 is 1.30. The number of rotatable bonds is 10. The van der Waals surface area contributed by atoms with Gasteiger partial charge in [0.2, 0.25) is 5.91 Å². The molecule has 2 amide bonds. The molecule has 0 spiro atoms. The van der Waals surface area contributed by atoms with Crippen LogP contribution in [-0.2, 0) is 19.1 Å². The van der Waals surface area contributed by atoms with Crippen molar-refractivity contribution in [2.45, 2.75) is 70.1 Å². The smallest absolute Gasteiger partial charge is 0.338 e. The summed E-state index contributed by atoms with van der Waals surface area (Å²) < 4.78 is 17.2. The molecule has 3 heterocycles. The molecule has 6 rings (SSSR count). The Balaban J connectivity index is 1.10. The van der Waals surface area contributed by atoms with Crippen molar-refractivity contribution in [3.63, 3.8) is 0 Å². The molecular formula is C34H37N3O7S. The molecule has 2 unspecified atom stereocenters. The van der Waals surface area contributed by atoms with Gasteiger partial charge in [-0.25, -0.2) is 9.78 Å². The number of thiazole rings is 1. The van der Waals surface area contributed by atoms with E-state index in [2.05, 4.69) is 34.6 Å². The minimum Gasteiger partial charge on any atom is -0.484 e. The number of ether oxygens (including phenoxy) is 3. The number of hydrogen-bond donors (Lipinski definition) is 1. The molecule has 4 atom stereocenters. The molecule has 1 aliphatic carbocycles. The van der Waals surface area contributed by atoms with Crippen LogP contribution in [0.15, 0.2) is 54.0 Å². The first kappa shape index (κ1) is 30.8. The molecule has 3 aromatic rings. The minimum atomic E-state index is -0.487. The number of aromatic nitrogens is 1. The second kappa shape index (κ2) is 13.4. The summed E-state index contributed by atoms with van der Waals surface area (Å²) in [5.41, 5.74) is 4.95. The van der Waals surface area contributed by atoms with Gasteiger partial charge in [0, 0.05) is 6.54 Å². The van der Waals surface area contributed by atoms with Gasteiger partial charge in [-0.2, -0.15) is 0 Å². The largest absolute Gasteiger partial charge is 0.484 e. The fourth-order valence-electron chi connectivity index (χ4n) is 5.90. The van der Waals surface area contributed by atoms with E-state index in [-0.39, 0.29) is 36.9 Å². The second-order valence-electron chi connectivity index (χ2n) is 12.1. The predicted octanol–water partition coefficient (Wildman–Crippen LogP) is 4.98. The zero-order chi connectivity index (χ0) is 31.5. The van der Waals surface area contributed by atoms with Crippen molar-refractivity contribution in [3.8, 4) is 5.75 Å². The average Bonchev–Trinajstić information content (AvgIpc) is 3.66. The number of amides is 2. The lowest BCUT2D eigenvalue weighted by Gasteiger charge is -2.33. The maximum atomic E-state index is 13.0. The molecule has 1 aromatic heterocycles. The van der Waals surface area contributed by atoms with E-state index in [1.54, 1.807) is 34.7 Å². The monoisotopic (exact) mass is 631 g/mol. The summed E-state index contributed by atoms with van der Waals surface area (Å²) in [5.74, 6) is -0.462. The first-order valence-electron chi connectivity index (χ1n) is 15.5. The van der Waals surface area contributed by atoms with Crippen molar-refractivity contribution in [3.05, 3.63) is 81.3 Å². The number of hydrogen-bond acceptors (Lipinski definition) is 9. The fraction of sp³-hybridized carbons (Fsp3) is 0.441. The van der Waals surface area contributed by atoms with Gasteiger partial charge in [0.15, 0.2) is 0 Å². The third-order valence-corrected chi connectivity index (χ3v) is 9.53. The number of benzene rings is 2. The lowest BCUT2D eigenvalue weighted by Crippen LogP contribution is -2.46. The van der Waals surface area contributed by atoms with Gasteiger partial charge < -0.3 is 24.4 Å². The maximum absolute atomic E-state index is 13.0. The van der Waals surface area contributed by atoms with E-state index in [1.165, 1.54) is 29.7 Å². The van der Waals surface area contributed by atoms with Gasteiger partial charge in [0.05, 0.1) is 41.7 Å². The third-order valence-electron chi connectivity index (χ3n) is 8.60. The van der Waals surface area contributed by atoms with E-state index >= 15 is 0 Å². The van der Waals surface area contributed by atoms with Crippen LogP contribution < -0.4 is 10.1 Å². The average molecular weight is 632 g/mol. The molecule has 45 heavy (non-hydrogen) atoms. The molecular weight excluding hydrogens is 594 g/mol. The SMILES string of the molecule is Cc1ncsc1C(=O)NC(C)C(Oc1ccc(C(=O)O[C@H]2CCCN(C(=O)[C@H]3COC(=O)C3)C2)cc1)c1ccc(C2CC2)cc1. The number of carbonyl (C=O) groups is 4. The number of nitrogens with zero attached hydrogens (tertiary/aromatic N) is 2. The molecule has 2 saturated heterocycles. The van der Waals surface area contributed by atoms with Crippen LogP contribution in [0.1, 0.15) is 87.9 Å². The molecule has 2 aliphatic heterocycles. The number of likely N-dealkylation sites (tertiary alicyclic amines) is 1. The van der Waals surface area contributed by atoms with E-state index in [9.17, 15) is 19.2 Å². The highest BCUT2D eigenvalue weighted by Gasteiger charge is 2.36. The highest BCUT2D eigenvalue weighted by molar-refractivity contribution is 7.11. The van der Waals surface area contributed by atoms with Crippen molar-refractivity contribution in [2.75, 3.05) is 19.7 Å². The first-order valence-corrected chi connectivity index (χ1v) is 16.4. The second-order valence-corrected chi connectivity index (χ2v) is 12.9. The Kier molecular flexibility index (Phi) is 9.16. The number of carbonyl (C=O) groups excluding carboxylic acids is 4. The third kappa shape index (κ3) is 7.36. The van der Waals surface area contributed by atoms with Gasteiger partial charge in [0.1, 0.15) is 29.4 Å². The lowest BCUT2D eigenvalue weighted by atomic mass is 10.00. The Morgan fingerprint density at radius 1 is 1.07 bits per heavy atom. The molecule has 3 aliphatic rings. The highest BCUT2D eigenvalue weighted by Crippen LogP contribution is 2.40. The van der Waals surface area contributed by atoms with E-state index in [4.69, 9.17) is 14.2 Å². The molecule has 1 saturated carbocycles. The number of esters is 2. The summed E-state index contributed by atoms with van der Waals surface area (Å²) in [5, 5.41) is 3.08. The normalized spacial score (nSPS) is 21.0. The van der Waals surface area contributed by atoms with E-state index < -0.39 is 24.1 Å².